The van der Waals surface area contributed by atoms with Gasteiger partial charge in [-0.2, -0.15) is 0 Å². The van der Waals surface area contributed by atoms with Crippen LogP contribution in [0, 0.1) is 13.8 Å². The summed E-state index contributed by atoms with van der Waals surface area (Å²) in [4.78, 5) is 22.6. The van der Waals surface area contributed by atoms with Gasteiger partial charge in [0.05, 0.1) is 0 Å². The van der Waals surface area contributed by atoms with Gasteiger partial charge in [-0.15, -0.1) is 0 Å². The molecule has 3 heterocycles. The number of aryl methyl sites for hydroxylation is 2. The van der Waals surface area contributed by atoms with Crippen LogP contribution in [0.15, 0.2) is 35.0 Å². The van der Waals surface area contributed by atoms with E-state index in [4.69, 9.17) is 9.15 Å². The maximum Gasteiger partial charge on any atom is 0.264 e. The van der Waals surface area contributed by atoms with Crippen LogP contribution in [0.1, 0.15) is 16.9 Å². The second-order valence-electron chi connectivity index (χ2n) is 5.85. The van der Waals surface area contributed by atoms with Crippen LogP contribution < -0.4 is 9.64 Å². The van der Waals surface area contributed by atoms with Crippen molar-refractivity contribution in [3.8, 4) is 5.88 Å². The predicted molar refractivity (Wildman–Crippen MR) is 89.3 cm³/mol. The van der Waals surface area contributed by atoms with E-state index in [1.54, 1.807) is 4.90 Å². The smallest absolute Gasteiger partial charge is 0.264 e. The first-order valence-electron chi connectivity index (χ1n) is 7.87. The van der Waals surface area contributed by atoms with E-state index >= 15 is 0 Å². The zero-order chi connectivity index (χ0) is 16.7. The quantitative estimate of drug-likeness (QED) is 0.741. The maximum absolute atomic E-state index is 12.5. The van der Waals surface area contributed by atoms with Crippen LogP contribution in [0.5, 0.6) is 5.88 Å². The molecule has 0 saturated carbocycles. The van der Waals surface area contributed by atoms with Crippen molar-refractivity contribution in [2.45, 2.75) is 20.3 Å². The number of para-hydroxylation sites is 1. The Balaban J connectivity index is 1.55. The first kappa shape index (κ1) is 14.7. The fourth-order valence-corrected chi connectivity index (χ4v) is 3.06. The highest BCUT2D eigenvalue weighted by atomic mass is 16.5. The maximum atomic E-state index is 12.5. The van der Waals surface area contributed by atoms with E-state index in [-0.39, 0.29) is 12.5 Å². The van der Waals surface area contributed by atoms with Gasteiger partial charge in [0.1, 0.15) is 17.5 Å². The molecule has 1 aromatic carbocycles. The Kier molecular flexibility index (Phi) is 3.45. The Morgan fingerprint density at radius 3 is 3.00 bits per heavy atom. The Labute approximate surface area is 139 Å². The van der Waals surface area contributed by atoms with Crippen molar-refractivity contribution in [3.63, 3.8) is 0 Å². The van der Waals surface area contributed by atoms with Crippen molar-refractivity contribution in [2.75, 3.05) is 18.1 Å². The molecule has 0 fully saturated rings. The van der Waals surface area contributed by atoms with E-state index in [0.717, 1.165) is 28.8 Å². The number of hydrogen-bond acceptors (Lipinski definition) is 5. The highest BCUT2D eigenvalue weighted by Gasteiger charge is 2.25. The minimum Gasteiger partial charge on any atom is -0.467 e. The van der Waals surface area contributed by atoms with E-state index in [1.165, 1.54) is 11.9 Å². The number of carbonyl (C=O) groups excluding carboxylic acids is 1. The van der Waals surface area contributed by atoms with Crippen molar-refractivity contribution >= 4 is 22.7 Å². The monoisotopic (exact) mass is 323 g/mol. The highest BCUT2D eigenvalue weighted by Crippen LogP contribution is 2.30. The molecule has 0 atom stereocenters. The van der Waals surface area contributed by atoms with Crippen LogP contribution in [-0.2, 0) is 11.2 Å². The fraction of sp³-hybridized carbons (Fsp3) is 0.278. The van der Waals surface area contributed by atoms with Gasteiger partial charge in [0, 0.05) is 17.8 Å². The predicted octanol–water partition coefficient (Wildman–Crippen LogP) is 2.81. The number of fused-ring (bicyclic) bond motifs is 2. The average molecular weight is 323 g/mol. The zero-order valence-electron chi connectivity index (χ0n) is 13.6. The molecule has 0 bridgehead atoms. The van der Waals surface area contributed by atoms with Crippen molar-refractivity contribution in [3.05, 3.63) is 47.5 Å². The summed E-state index contributed by atoms with van der Waals surface area (Å²) in [6.07, 6.45) is 2.26. The van der Waals surface area contributed by atoms with Crippen LogP contribution in [0.4, 0.5) is 5.69 Å². The largest absolute Gasteiger partial charge is 0.467 e. The van der Waals surface area contributed by atoms with Crippen LogP contribution in [0.25, 0.3) is 11.1 Å². The minimum atomic E-state index is -0.0791. The molecule has 2 aromatic heterocycles. The Hall–Kier alpha value is -2.89. The first-order valence-corrected chi connectivity index (χ1v) is 7.87. The number of carbonyl (C=O) groups is 1. The molecule has 0 aliphatic carbocycles. The number of nitrogens with zero attached hydrogens (tertiary/aromatic N) is 3. The SMILES string of the molecule is Cc1oc2ncnc(OCC(=O)N3CCc4ccccc43)c2c1C. The number of amides is 1. The molecule has 6 nitrogen and oxygen atoms in total. The van der Waals surface area contributed by atoms with Crippen molar-refractivity contribution in [1.29, 1.82) is 0 Å². The third kappa shape index (κ3) is 2.31. The van der Waals surface area contributed by atoms with Gasteiger partial charge in [-0.3, -0.25) is 4.79 Å². The summed E-state index contributed by atoms with van der Waals surface area (Å²) < 4.78 is 11.3. The van der Waals surface area contributed by atoms with Crippen LogP contribution >= 0.6 is 0 Å². The second kappa shape index (κ2) is 5.63. The average Bonchev–Trinajstić information content (AvgIpc) is 3.15. The fourth-order valence-electron chi connectivity index (χ4n) is 3.06. The topological polar surface area (TPSA) is 68.5 Å². The molecule has 0 saturated heterocycles. The number of aromatic nitrogens is 2. The molecule has 0 spiro atoms. The van der Waals surface area contributed by atoms with Crippen molar-refractivity contribution in [2.24, 2.45) is 0 Å². The van der Waals surface area contributed by atoms with Gasteiger partial charge in [-0.25, -0.2) is 9.97 Å². The van der Waals surface area contributed by atoms with E-state index in [1.807, 2.05) is 32.0 Å². The molecule has 4 rings (SSSR count). The molecule has 0 unspecified atom stereocenters. The number of benzene rings is 1. The lowest BCUT2D eigenvalue weighted by Gasteiger charge is -2.17. The molecule has 24 heavy (non-hydrogen) atoms. The van der Waals surface area contributed by atoms with Crippen LogP contribution in [0.2, 0.25) is 0 Å². The van der Waals surface area contributed by atoms with Gasteiger partial charge in [0.2, 0.25) is 11.6 Å². The number of furan rings is 1. The van der Waals surface area contributed by atoms with Gasteiger partial charge in [0.25, 0.3) is 5.91 Å². The minimum absolute atomic E-state index is 0.0654. The normalized spacial score (nSPS) is 13.3. The molecule has 3 aromatic rings. The molecule has 0 radical (unpaired) electrons. The third-order valence-corrected chi connectivity index (χ3v) is 4.45. The second-order valence-corrected chi connectivity index (χ2v) is 5.85. The lowest BCUT2D eigenvalue weighted by molar-refractivity contribution is -0.120. The van der Waals surface area contributed by atoms with E-state index in [2.05, 4.69) is 16.0 Å². The standard InChI is InChI=1S/C18H17N3O3/c1-11-12(2)24-18-16(11)17(19-10-20-18)23-9-15(22)21-8-7-13-5-3-4-6-14(13)21/h3-6,10H,7-9H2,1-2H3. The summed E-state index contributed by atoms with van der Waals surface area (Å²) in [6.45, 7) is 4.41. The van der Waals surface area contributed by atoms with Gasteiger partial charge in [-0.05, 0) is 31.9 Å². The molecular weight excluding hydrogens is 306 g/mol. The van der Waals surface area contributed by atoms with Gasteiger partial charge < -0.3 is 14.1 Å². The van der Waals surface area contributed by atoms with E-state index in [0.29, 0.717) is 18.1 Å². The van der Waals surface area contributed by atoms with Crippen LogP contribution in [-0.4, -0.2) is 29.0 Å². The number of hydrogen-bond donors (Lipinski definition) is 0. The molecule has 1 aliphatic heterocycles. The molecule has 1 aliphatic rings. The molecule has 6 heteroatoms. The number of ether oxygens (including phenoxy) is 1. The van der Waals surface area contributed by atoms with Gasteiger partial charge in [-0.1, -0.05) is 18.2 Å². The number of anilines is 1. The molecule has 0 N–H and O–H groups in total. The highest BCUT2D eigenvalue weighted by molar-refractivity contribution is 5.96. The van der Waals surface area contributed by atoms with Gasteiger partial charge in [0.15, 0.2) is 6.61 Å². The van der Waals surface area contributed by atoms with E-state index < -0.39 is 0 Å². The third-order valence-electron chi connectivity index (χ3n) is 4.45. The summed E-state index contributed by atoms with van der Waals surface area (Å²) in [6, 6.07) is 7.95. The summed E-state index contributed by atoms with van der Waals surface area (Å²) in [5, 5.41) is 0.727. The Morgan fingerprint density at radius 2 is 2.12 bits per heavy atom. The Morgan fingerprint density at radius 1 is 1.29 bits per heavy atom. The summed E-state index contributed by atoms with van der Waals surface area (Å²) in [5.41, 5.74) is 3.57. The van der Waals surface area contributed by atoms with Crippen LogP contribution in [0.3, 0.4) is 0 Å². The summed E-state index contributed by atoms with van der Waals surface area (Å²) in [5.74, 6) is 1.08. The summed E-state index contributed by atoms with van der Waals surface area (Å²) >= 11 is 0. The summed E-state index contributed by atoms with van der Waals surface area (Å²) in [7, 11) is 0. The lowest BCUT2D eigenvalue weighted by atomic mass is 10.2. The molecule has 122 valence electrons. The van der Waals surface area contributed by atoms with Crippen molar-refractivity contribution < 1.29 is 13.9 Å². The molecule has 1 amide bonds. The Bertz CT molecular complexity index is 932. The number of rotatable bonds is 3. The lowest BCUT2D eigenvalue weighted by Crippen LogP contribution is -2.33. The zero-order valence-corrected chi connectivity index (χ0v) is 13.6. The molecular formula is C18H17N3O3. The van der Waals surface area contributed by atoms with Crippen molar-refractivity contribution in [1.82, 2.24) is 9.97 Å². The van der Waals surface area contributed by atoms with E-state index in [9.17, 15) is 4.79 Å². The first-order chi connectivity index (χ1) is 11.6. The van der Waals surface area contributed by atoms with Gasteiger partial charge >= 0.3 is 0 Å².